The predicted octanol–water partition coefficient (Wildman–Crippen LogP) is 2.09. The molecule has 5 nitrogen and oxygen atoms in total. The Labute approximate surface area is 86.1 Å². The molecule has 0 fully saturated rings. The van der Waals surface area contributed by atoms with E-state index in [9.17, 15) is 10.1 Å². The van der Waals surface area contributed by atoms with Gasteiger partial charge in [-0.15, -0.1) is 4.68 Å². The van der Waals surface area contributed by atoms with Crippen LogP contribution >= 0.6 is 0 Å². The molecule has 0 aliphatic carbocycles. The number of benzene rings is 1. The van der Waals surface area contributed by atoms with Crippen LogP contribution in [0, 0.1) is 17.0 Å². The Kier molecular flexibility index (Phi) is 2.21. The number of para-hydroxylation sites is 1. The van der Waals surface area contributed by atoms with Crippen molar-refractivity contribution < 1.29 is 4.92 Å². The number of nitrogens with zero attached hydrogens (tertiary/aromatic N) is 3. The summed E-state index contributed by atoms with van der Waals surface area (Å²) < 4.78 is 1.51. The smallest absolute Gasteiger partial charge is 0.358 e. The Morgan fingerprint density at radius 2 is 2.07 bits per heavy atom. The van der Waals surface area contributed by atoms with Crippen LogP contribution in [0.1, 0.15) is 5.56 Å². The SMILES string of the molecule is Cc1ccccc1-n1ccc([N+](=O)[O-])n1. The van der Waals surface area contributed by atoms with Crippen molar-refractivity contribution >= 4 is 5.82 Å². The topological polar surface area (TPSA) is 61.0 Å². The zero-order chi connectivity index (χ0) is 10.8. The molecule has 0 atom stereocenters. The fourth-order valence-corrected chi connectivity index (χ4v) is 1.37. The minimum absolute atomic E-state index is 0.141. The molecule has 0 radical (unpaired) electrons. The quantitative estimate of drug-likeness (QED) is 0.554. The lowest BCUT2D eigenvalue weighted by molar-refractivity contribution is -0.389. The Morgan fingerprint density at radius 1 is 1.33 bits per heavy atom. The minimum Gasteiger partial charge on any atom is -0.358 e. The molecule has 1 heterocycles. The summed E-state index contributed by atoms with van der Waals surface area (Å²) in [5, 5.41) is 14.3. The maximum Gasteiger partial charge on any atom is 0.390 e. The van der Waals surface area contributed by atoms with Gasteiger partial charge in [0.25, 0.3) is 0 Å². The average molecular weight is 203 g/mol. The van der Waals surface area contributed by atoms with Crippen molar-refractivity contribution in [1.29, 1.82) is 0 Å². The molecule has 1 aromatic heterocycles. The van der Waals surface area contributed by atoms with Gasteiger partial charge in [-0.2, -0.15) is 0 Å². The normalized spacial score (nSPS) is 10.2. The summed E-state index contributed by atoms with van der Waals surface area (Å²) in [5.74, 6) is -0.141. The second-order valence-electron chi connectivity index (χ2n) is 3.16. The molecular weight excluding hydrogens is 194 g/mol. The van der Waals surface area contributed by atoms with Gasteiger partial charge < -0.3 is 10.1 Å². The van der Waals surface area contributed by atoms with E-state index in [-0.39, 0.29) is 5.82 Å². The van der Waals surface area contributed by atoms with Crippen LogP contribution in [0.2, 0.25) is 0 Å². The first-order chi connectivity index (χ1) is 7.18. The molecule has 2 rings (SSSR count). The first kappa shape index (κ1) is 9.39. The second-order valence-corrected chi connectivity index (χ2v) is 3.16. The van der Waals surface area contributed by atoms with E-state index >= 15 is 0 Å². The van der Waals surface area contributed by atoms with E-state index in [4.69, 9.17) is 0 Å². The van der Waals surface area contributed by atoms with Crippen LogP contribution in [0.25, 0.3) is 5.69 Å². The van der Waals surface area contributed by atoms with E-state index in [1.54, 1.807) is 6.20 Å². The molecular formula is C10H9N3O2. The van der Waals surface area contributed by atoms with Crippen molar-refractivity contribution in [2.45, 2.75) is 6.92 Å². The van der Waals surface area contributed by atoms with E-state index < -0.39 is 4.92 Å². The first-order valence-corrected chi connectivity index (χ1v) is 4.44. The number of rotatable bonds is 2. The van der Waals surface area contributed by atoms with Gasteiger partial charge in [0.2, 0.25) is 0 Å². The van der Waals surface area contributed by atoms with Crippen molar-refractivity contribution in [2.24, 2.45) is 0 Å². The van der Waals surface area contributed by atoms with Crippen LogP contribution in [0.5, 0.6) is 0 Å². The van der Waals surface area contributed by atoms with Crippen LogP contribution in [0.3, 0.4) is 0 Å². The maximum absolute atomic E-state index is 10.5. The summed E-state index contributed by atoms with van der Waals surface area (Å²) in [5.41, 5.74) is 1.88. The van der Waals surface area contributed by atoms with Crippen LogP contribution in [-0.4, -0.2) is 14.7 Å². The number of nitro groups is 1. The van der Waals surface area contributed by atoms with Gasteiger partial charge in [-0.3, -0.25) is 0 Å². The summed E-state index contributed by atoms with van der Waals surface area (Å²) >= 11 is 0. The highest BCUT2D eigenvalue weighted by Crippen LogP contribution is 2.15. The van der Waals surface area contributed by atoms with E-state index in [1.807, 2.05) is 31.2 Å². The largest absolute Gasteiger partial charge is 0.390 e. The van der Waals surface area contributed by atoms with Gasteiger partial charge in [0.15, 0.2) is 0 Å². The third kappa shape index (κ3) is 1.71. The molecule has 0 unspecified atom stereocenters. The molecule has 0 saturated heterocycles. The Morgan fingerprint density at radius 3 is 2.67 bits per heavy atom. The number of hydrogen-bond acceptors (Lipinski definition) is 3. The zero-order valence-corrected chi connectivity index (χ0v) is 8.12. The molecule has 0 aliphatic heterocycles. The Hall–Kier alpha value is -2.17. The Balaban J connectivity index is 2.46. The first-order valence-electron chi connectivity index (χ1n) is 4.44. The molecule has 0 aliphatic rings. The fourth-order valence-electron chi connectivity index (χ4n) is 1.37. The van der Waals surface area contributed by atoms with Crippen molar-refractivity contribution in [3.8, 4) is 5.69 Å². The molecule has 76 valence electrons. The van der Waals surface area contributed by atoms with E-state index in [0.717, 1.165) is 11.3 Å². The average Bonchev–Trinajstić information content (AvgIpc) is 2.67. The number of hydrogen-bond donors (Lipinski definition) is 0. The zero-order valence-electron chi connectivity index (χ0n) is 8.12. The van der Waals surface area contributed by atoms with Crippen molar-refractivity contribution in [1.82, 2.24) is 9.78 Å². The molecule has 15 heavy (non-hydrogen) atoms. The predicted molar refractivity (Wildman–Crippen MR) is 55.0 cm³/mol. The summed E-state index contributed by atoms with van der Waals surface area (Å²) in [6, 6.07) is 8.97. The lowest BCUT2D eigenvalue weighted by Gasteiger charge is -1.99. The third-order valence-electron chi connectivity index (χ3n) is 2.12. The van der Waals surface area contributed by atoms with Gasteiger partial charge in [-0.25, -0.2) is 0 Å². The van der Waals surface area contributed by atoms with Gasteiger partial charge in [-0.1, -0.05) is 18.2 Å². The standard InChI is InChI=1S/C10H9N3O2/c1-8-4-2-3-5-9(8)12-7-6-10(11-12)13(14)15/h2-7H,1H3. The van der Waals surface area contributed by atoms with E-state index in [2.05, 4.69) is 5.10 Å². The highest BCUT2D eigenvalue weighted by Gasteiger charge is 2.12. The molecule has 5 heteroatoms. The highest BCUT2D eigenvalue weighted by molar-refractivity contribution is 5.40. The molecule has 0 saturated carbocycles. The van der Waals surface area contributed by atoms with Crippen molar-refractivity contribution in [3.63, 3.8) is 0 Å². The number of aryl methyl sites for hydroxylation is 1. The lowest BCUT2D eigenvalue weighted by Crippen LogP contribution is -1.98. The van der Waals surface area contributed by atoms with Gasteiger partial charge in [0.05, 0.1) is 23.0 Å². The summed E-state index contributed by atoms with van der Waals surface area (Å²) in [4.78, 5) is 9.96. The van der Waals surface area contributed by atoms with Crippen LogP contribution in [0.4, 0.5) is 5.82 Å². The van der Waals surface area contributed by atoms with Crippen LogP contribution in [0.15, 0.2) is 36.5 Å². The fraction of sp³-hybridized carbons (Fsp3) is 0.100. The maximum atomic E-state index is 10.5. The van der Waals surface area contributed by atoms with Crippen LogP contribution < -0.4 is 0 Å². The van der Waals surface area contributed by atoms with Gasteiger partial charge in [0, 0.05) is 0 Å². The molecule has 0 bridgehead atoms. The highest BCUT2D eigenvalue weighted by atomic mass is 16.6. The van der Waals surface area contributed by atoms with Crippen LogP contribution in [-0.2, 0) is 0 Å². The monoisotopic (exact) mass is 203 g/mol. The summed E-state index contributed by atoms with van der Waals surface area (Å²) in [6.45, 7) is 1.93. The minimum atomic E-state index is -0.505. The summed E-state index contributed by atoms with van der Waals surface area (Å²) in [6.07, 6.45) is 1.58. The third-order valence-corrected chi connectivity index (χ3v) is 2.12. The van der Waals surface area contributed by atoms with Gasteiger partial charge >= 0.3 is 5.82 Å². The van der Waals surface area contributed by atoms with E-state index in [1.165, 1.54) is 10.7 Å². The number of aromatic nitrogens is 2. The lowest BCUT2D eigenvalue weighted by atomic mass is 10.2. The molecule has 1 aromatic carbocycles. The van der Waals surface area contributed by atoms with Gasteiger partial charge in [-0.05, 0) is 23.5 Å². The second kappa shape index (κ2) is 3.53. The molecule has 0 N–H and O–H groups in total. The Bertz CT molecular complexity index is 505. The van der Waals surface area contributed by atoms with E-state index in [0.29, 0.717) is 0 Å². The molecule has 2 aromatic rings. The molecule has 0 spiro atoms. The van der Waals surface area contributed by atoms with Crippen molar-refractivity contribution in [2.75, 3.05) is 0 Å². The molecule has 0 amide bonds. The summed E-state index contributed by atoms with van der Waals surface area (Å²) in [7, 11) is 0. The van der Waals surface area contributed by atoms with Crippen molar-refractivity contribution in [3.05, 3.63) is 52.2 Å². The van der Waals surface area contributed by atoms with Gasteiger partial charge in [0.1, 0.15) is 0 Å².